The van der Waals surface area contributed by atoms with E-state index in [1.165, 1.54) is 0 Å². The molecule has 0 unspecified atom stereocenters. The fourth-order valence-corrected chi connectivity index (χ4v) is 4.05. The van der Waals surface area contributed by atoms with Crippen molar-refractivity contribution in [3.05, 3.63) is 60.2 Å². The van der Waals surface area contributed by atoms with Crippen LogP contribution in [-0.2, 0) is 9.53 Å². The standard InChI is InChI=1S/C19H20O3S/c1-19(2)18(20)17(23-15-7-5-4-6-8-15)16(22-19)13-9-11-14(21-3)12-10-13/h4-12,16-17H,1-3H3/t16-,17-/m1/s1. The molecule has 0 saturated carbocycles. The van der Waals surface area contributed by atoms with Crippen molar-refractivity contribution in [3.63, 3.8) is 0 Å². The van der Waals surface area contributed by atoms with Crippen LogP contribution in [0.5, 0.6) is 5.75 Å². The van der Waals surface area contributed by atoms with Gasteiger partial charge in [-0.25, -0.2) is 0 Å². The minimum Gasteiger partial charge on any atom is -0.497 e. The molecule has 23 heavy (non-hydrogen) atoms. The van der Waals surface area contributed by atoms with Crippen molar-refractivity contribution in [1.29, 1.82) is 0 Å². The topological polar surface area (TPSA) is 35.5 Å². The summed E-state index contributed by atoms with van der Waals surface area (Å²) in [4.78, 5) is 13.8. The summed E-state index contributed by atoms with van der Waals surface area (Å²) in [6.07, 6.45) is -0.256. The summed E-state index contributed by atoms with van der Waals surface area (Å²) in [5.41, 5.74) is 0.231. The molecule has 1 saturated heterocycles. The van der Waals surface area contributed by atoms with Gasteiger partial charge in [-0.2, -0.15) is 0 Å². The van der Waals surface area contributed by atoms with E-state index >= 15 is 0 Å². The van der Waals surface area contributed by atoms with E-state index in [2.05, 4.69) is 0 Å². The van der Waals surface area contributed by atoms with Gasteiger partial charge in [0.1, 0.15) is 22.7 Å². The van der Waals surface area contributed by atoms with E-state index < -0.39 is 5.60 Å². The van der Waals surface area contributed by atoms with Crippen LogP contribution in [0, 0.1) is 0 Å². The van der Waals surface area contributed by atoms with Crippen molar-refractivity contribution in [1.82, 2.24) is 0 Å². The lowest BCUT2D eigenvalue weighted by Crippen LogP contribution is -2.30. The number of hydrogen-bond donors (Lipinski definition) is 0. The summed E-state index contributed by atoms with van der Waals surface area (Å²) in [5, 5.41) is -0.249. The first kappa shape index (κ1) is 16.1. The molecule has 0 aliphatic carbocycles. The lowest BCUT2D eigenvalue weighted by molar-refractivity contribution is -0.129. The van der Waals surface area contributed by atoms with Crippen LogP contribution in [0.1, 0.15) is 25.5 Å². The van der Waals surface area contributed by atoms with Crippen LogP contribution in [0.2, 0.25) is 0 Å². The van der Waals surface area contributed by atoms with Crippen LogP contribution in [0.3, 0.4) is 0 Å². The largest absolute Gasteiger partial charge is 0.497 e. The smallest absolute Gasteiger partial charge is 0.180 e. The molecular weight excluding hydrogens is 308 g/mol. The first-order chi connectivity index (χ1) is 11.0. The maximum absolute atomic E-state index is 12.8. The third-order valence-corrected chi connectivity index (χ3v) is 5.26. The fraction of sp³-hybridized carbons (Fsp3) is 0.316. The summed E-state index contributed by atoms with van der Waals surface area (Å²) >= 11 is 1.57. The average Bonchev–Trinajstić information content (AvgIpc) is 2.80. The Balaban J connectivity index is 1.90. The molecule has 0 N–H and O–H groups in total. The van der Waals surface area contributed by atoms with Crippen molar-refractivity contribution in [2.75, 3.05) is 7.11 Å². The molecule has 0 bridgehead atoms. The van der Waals surface area contributed by atoms with Gasteiger partial charge in [0.25, 0.3) is 0 Å². The highest BCUT2D eigenvalue weighted by molar-refractivity contribution is 8.00. The third-order valence-electron chi connectivity index (χ3n) is 4.00. The van der Waals surface area contributed by atoms with Gasteiger partial charge in [0, 0.05) is 4.90 Å². The molecule has 0 radical (unpaired) electrons. The van der Waals surface area contributed by atoms with Crippen LogP contribution in [0.4, 0.5) is 0 Å². The van der Waals surface area contributed by atoms with E-state index in [0.717, 1.165) is 16.2 Å². The number of carbonyl (C=O) groups is 1. The molecule has 3 rings (SSSR count). The number of benzene rings is 2. The van der Waals surface area contributed by atoms with Crippen molar-refractivity contribution in [2.24, 2.45) is 0 Å². The van der Waals surface area contributed by atoms with Crippen molar-refractivity contribution in [3.8, 4) is 5.75 Å². The highest BCUT2D eigenvalue weighted by Crippen LogP contribution is 2.45. The second kappa shape index (κ2) is 6.38. The molecule has 1 aliphatic rings. The number of hydrogen-bond acceptors (Lipinski definition) is 4. The first-order valence-corrected chi connectivity index (χ1v) is 8.47. The Labute approximate surface area is 141 Å². The highest BCUT2D eigenvalue weighted by atomic mass is 32.2. The third kappa shape index (κ3) is 3.28. The van der Waals surface area contributed by atoms with Gasteiger partial charge in [-0.3, -0.25) is 4.79 Å². The molecule has 1 heterocycles. The molecule has 0 aromatic heterocycles. The minimum absolute atomic E-state index is 0.132. The lowest BCUT2D eigenvalue weighted by atomic mass is 10.0. The van der Waals surface area contributed by atoms with E-state index in [-0.39, 0.29) is 17.1 Å². The Morgan fingerprint density at radius 2 is 1.70 bits per heavy atom. The first-order valence-electron chi connectivity index (χ1n) is 7.59. The van der Waals surface area contributed by atoms with E-state index in [9.17, 15) is 4.79 Å². The maximum Gasteiger partial charge on any atom is 0.180 e. The van der Waals surface area contributed by atoms with Crippen LogP contribution < -0.4 is 4.74 Å². The molecule has 1 fully saturated rings. The predicted molar refractivity (Wildman–Crippen MR) is 92.0 cm³/mol. The second-order valence-corrected chi connectivity index (χ2v) is 7.25. The SMILES string of the molecule is COc1ccc([C@H]2OC(C)(C)C(=O)[C@@H]2Sc2ccccc2)cc1. The second-order valence-electron chi connectivity index (χ2n) is 6.04. The molecule has 120 valence electrons. The summed E-state index contributed by atoms with van der Waals surface area (Å²) in [7, 11) is 1.64. The molecule has 1 aliphatic heterocycles. The van der Waals surface area contributed by atoms with Gasteiger partial charge in [0.05, 0.1) is 7.11 Å². The Morgan fingerprint density at radius 3 is 2.30 bits per heavy atom. The van der Waals surface area contributed by atoms with Gasteiger partial charge in [-0.1, -0.05) is 30.3 Å². The van der Waals surface area contributed by atoms with Gasteiger partial charge in [-0.05, 0) is 43.7 Å². The quantitative estimate of drug-likeness (QED) is 0.839. The summed E-state index contributed by atoms with van der Waals surface area (Å²) in [5.74, 6) is 0.928. The van der Waals surface area contributed by atoms with E-state index in [0.29, 0.717) is 0 Å². The van der Waals surface area contributed by atoms with Gasteiger partial charge < -0.3 is 9.47 Å². The van der Waals surface area contributed by atoms with E-state index in [1.807, 2.05) is 68.4 Å². The van der Waals surface area contributed by atoms with E-state index in [1.54, 1.807) is 18.9 Å². The molecule has 0 spiro atoms. The number of ketones is 1. The summed E-state index contributed by atoms with van der Waals surface area (Å²) in [6.45, 7) is 3.69. The van der Waals surface area contributed by atoms with Crippen molar-refractivity contribution in [2.45, 2.75) is 35.7 Å². The van der Waals surface area contributed by atoms with Crippen LogP contribution >= 0.6 is 11.8 Å². The Kier molecular flexibility index (Phi) is 4.46. The summed E-state index contributed by atoms with van der Waals surface area (Å²) in [6, 6.07) is 17.7. The molecule has 2 aromatic carbocycles. The number of thioether (sulfide) groups is 1. The molecule has 3 nitrogen and oxygen atoms in total. The number of methoxy groups -OCH3 is 1. The fourth-order valence-electron chi connectivity index (χ4n) is 2.71. The number of Topliss-reactive ketones (excluding diaryl/α,β-unsaturated/α-hetero) is 1. The van der Waals surface area contributed by atoms with E-state index in [4.69, 9.17) is 9.47 Å². The average molecular weight is 328 g/mol. The van der Waals surface area contributed by atoms with Gasteiger partial charge in [-0.15, -0.1) is 11.8 Å². The van der Waals surface area contributed by atoms with Crippen LogP contribution in [0.15, 0.2) is 59.5 Å². The highest BCUT2D eigenvalue weighted by Gasteiger charge is 2.49. The maximum atomic E-state index is 12.8. The Morgan fingerprint density at radius 1 is 1.04 bits per heavy atom. The monoisotopic (exact) mass is 328 g/mol. The minimum atomic E-state index is -0.767. The predicted octanol–water partition coefficient (Wildman–Crippen LogP) is 4.28. The zero-order valence-corrected chi connectivity index (χ0v) is 14.3. The van der Waals surface area contributed by atoms with Crippen LogP contribution in [0.25, 0.3) is 0 Å². The number of ether oxygens (including phenoxy) is 2. The van der Waals surface area contributed by atoms with Crippen LogP contribution in [-0.4, -0.2) is 23.7 Å². The Bertz CT molecular complexity index is 680. The summed E-state index contributed by atoms with van der Waals surface area (Å²) < 4.78 is 11.3. The molecule has 4 heteroatoms. The number of rotatable bonds is 4. The van der Waals surface area contributed by atoms with Gasteiger partial charge >= 0.3 is 0 Å². The number of carbonyl (C=O) groups excluding carboxylic acids is 1. The lowest BCUT2D eigenvalue weighted by Gasteiger charge is -2.19. The van der Waals surface area contributed by atoms with Gasteiger partial charge in [0.15, 0.2) is 5.78 Å². The molecule has 2 aromatic rings. The molecule has 0 amide bonds. The van der Waals surface area contributed by atoms with Crippen molar-refractivity contribution >= 4 is 17.5 Å². The van der Waals surface area contributed by atoms with Crippen molar-refractivity contribution < 1.29 is 14.3 Å². The Hall–Kier alpha value is -1.78. The molecular formula is C19H20O3S. The van der Waals surface area contributed by atoms with Gasteiger partial charge in [0.2, 0.25) is 0 Å². The zero-order chi connectivity index (χ0) is 16.4. The zero-order valence-electron chi connectivity index (χ0n) is 13.5. The molecule has 2 atom stereocenters. The normalized spacial score (nSPS) is 23.0.